The normalized spacial score (nSPS) is 33.1. The number of benzene rings is 2. The molecule has 0 aliphatic heterocycles. The van der Waals surface area contributed by atoms with E-state index in [1.54, 1.807) is 19.1 Å². The number of rotatable bonds is 3. The van der Waals surface area contributed by atoms with Crippen molar-refractivity contribution in [3.63, 3.8) is 0 Å². The van der Waals surface area contributed by atoms with E-state index in [4.69, 9.17) is 0 Å². The topological polar surface area (TPSA) is 135 Å². The van der Waals surface area contributed by atoms with E-state index < -0.39 is 51.5 Å². The first kappa shape index (κ1) is 25.0. The number of ketones is 2. The second-order valence-electron chi connectivity index (χ2n) is 10.9. The maximum Gasteiger partial charge on any atom is 0.203 e. The number of aliphatic hydroxyl groups is 4. The van der Waals surface area contributed by atoms with Crippen molar-refractivity contribution in [3.8, 4) is 5.75 Å². The predicted octanol–water partition coefficient (Wildman–Crippen LogP) is 4.05. The van der Waals surface area contributed by atoms with Gasteiger partial charge in [0.2, 0.25) is 5.78 Å². The molecule has 2 aromatic carbocycles. The largest absolute Gasteiger partial charge is 0.508 e. The molecule has 0 spiro atoms. The maximum atomic E-state index is 14.3. The van der Waals surface area contributed by atoms with Crippen LogP contribution in [0.3, 0.4) is 0 Å². The fourth-order valence-electron chi connectivity index (χ4n) is 7.03. The molecule has 0 amide bonds. The van der Waals surface area contributed by atoms with Crippen LogP contribution >= 0.6 is 0 Å². The summed E-state index contributed by atoms with van der Waals surface area (Å²) < 4.78 is 0. The Balaban J connectivity index is 1.85. The van der Waals surface area contributed by atoms with Gasteiger partial charge in [-0.05, 0) is 42.5 Å². The van der Waals surface area contributed by atoms with E-state index in [1.165, 1.54) is 19.9 Å². The summed E-state index contributed by atoms with van der Waals surface area (Å²) in [6.07, 6.45) is -1.26. The van der Waals surface area contributed by atoms with Crippen LogP contribution in [-0.4, -0.2) is 48.8 Å². The highest BCUT2D eigenvalue weighted by atomic mass is 16.4. The summed E-state index contributed by atoms with van der Waals surface area (Å²) in [6, 6.07) is 14.2. The van der Waals surface area contributed by atoms with E-state index in [2.05, 4.69) is 6.58 Å². The number of carbonyl (C=O) groups is 2. The number of hydrogen-bond acceptors (Lipinski definition) is 7. The molecule has 1 saturated carbocycles. The number of hydrogen-bond donors (Lipinski definition) is 5. The third kappa shape index (κ3) is 2.95. The first-order valence-corrected chi connectivity index (χ1v) is 12.2. The fraction of sp³-hybridized carbons (Fsp3) is 0.333. The van der Waals surface area contributed by atoms with Crippen LogP contribution < -0.4 is 0 Å². The van der Waals surface area contributed by atoms with Crippen molar-refractivity contribution in [2.24, 2.45) is 10.8 Å². The van der Waals surface area contributed by atoms with E-state index in [0.717, 1.165) is 5.56 Å². The average Bonchev–Trinajstić information content (AvgIpc) is 2.84. The van der Waals surface area contributed by atoms with Crippen LogP contribution in [0.25, 0.3) is 5.76 Å². The van der Waals surface area contributed by atoms with Gasteiger partial charge in [-0.2, -0.15) is 0 Å². The molecule has 37 heavy (non-hydrogen) atoms. The van der Waals surface area contributed by atoms with Gasteiger partial charge < -0.3 is 25.5 Å². The Hall–Kier alpha value is -3.68. The second kappa shape index (κ2) is 7.91. The number of phenols is 1. The van der Waals surface area contributed by atoms with E-state index in [-0.39, 0.29) is 34.5 Å². The molecule has 3 aliphatic carbocycles. The van der Waals surface area contributed by atoms with E-state index in [0.29, 0.717) is 12.0 Å². The summed E-state index contributed by atoms with van der Waals surface area (Å²) >= 11 is 0. The number of allylic oxidation sites excluding steroid dienone is 2. The monoisotopic (exact) mass is 502 g/mol. The van der Waals surface area contributed by atoms with Gasteiger partial charge in [0.1, 0.15) is 17.3 Å². The Morgan fingerprint density at radius 3 is 2.32 bits per heavy atom. The molecule has 2 aromatic rings. The minimum atomic E-state index is -2.70. The number of aliphatic hydroxyl groups excluding tert-OH is 3. The van der Waals surface area contributed by atoms with Crippen molar-refractivity contribution in [2.45, 2.75) is 51.2 Å². The van der Waals surface area contributed by atoms with E-state index in [1.807, 2.05) is 30.3 Å². The number of Topliss-reactive ketones (excluding diaryl/α,β-unsaturated/α-hetero) is 2. The molecule has 5 N–H and O–H groups in total. The Kier molecular flexibility index (Phi) is 5.34. The lowest BCUT2D eigenvalue weighted by molar-refractivity contribution is -0.194. The van der Waals surface area contributed by atoms with Gasteiger partial charge in [0.15, 0.2) is 11.4 Å². The lowest BCUT2D eigenvalue weighted by atomic mass is 9.43. The second-order valence-corrected chi connectivity index (χ2v) is 10.9. The standard InChI is InChI=1S/C30H30O7/c1-15-14-28(3)27(36)29(4)19(13-17-9-6-5-7-10-17)18-11-8-12-20(32)22(18)24(33)23(29)26(35)30(28,37)25(34)21(15)16(2)31/h5-12,19,27,32-34,36-37H,1,13-14H2,2-4H3/t19-,27+,28+,29+,30+/m1/s1. The minimum Gasteiger partial charge on any atom is -0.508 e. The molecule has 5 atom stereocenters. The first-order chi connectivity index (χ1) is 17.3. The molecule has 0 bridgehead atoms. The van der Waals surface area contributed by atoms with Crippen LogP contribution in [0.4, 0.5) is 0 Å². The Morgan fingerprint density at radius 2 is 1.70 bits per heavy atom. The molecular weight excluding hydrogens is 472 g/mol. The lowest BCUT2D eigenvalue weighted by Gasteiger charge is -2.61. The molecule has 0 aromatic heterocycles. The Morgan fingerprint density at radius 1 is 1.05 bits per heavy atom. The quantitative estimate of drug-likeness (QED) is 0.427. The van der Waals surface area contributed by atoms with Crippen molar-refractivity contribution >= 4 is 17.3 Å². The Labute approximate surface area is 214 Å². The molecule has 3 aliphatic rings. The summed E-state index contributed by atoms with van der Waals surface area (Å²) in [4.78, 5) is 26.6. The number of phenolic OH excluding ortho intramolecular Hbond substituents is 1. The van der Waals surface area contributed by atoms with Crippen LogP contribution in [-0.2, 0) is 16.0 Å². The minimum absolute atomic E-state index is 0.0409. The molecule has 7 nitrogen and oxygen atoms in total. The summed E-state index contributed by atoms with van der Waals surface area (Å²) in [6.45, 7) is 8.25. The highest BCUT2D eigenvalue weighted by molar-refractivity contribution is 6.14. The molecule has 192 valence electrons. The van der Waals surface area contributed by atoms with Crippen LogP contribution in [0.15, 0.2) is 77.6 Å². The van der Waals surface area contributed by atoms with Gasteiger partial charge in [0.25, 0.3) is 0 Å². The average molecular weight is 503 g/mol. The summed E-state index contributed by atoms with van der Waals surface area (Å²) in [7, 11) is 0. The maximum absolute atomic E-state index is 14.3. The lowest BCUT2D eigenvalue weighted by Crippen LogP contribution is -2.71. The third-order valence-electron chi connectivity index (χ3n) is 8.89. The van der Waals surface area contributed by atoms with Gasteiger partial charge in [0, 0.05) is 16.7 Å². The number of aromatic hydroxyl groups is 1. The van der Waals surface area contributed by atoms with Gasteiger partial charge in [-0.1, -0.05) is 62.9 Å². The Bertz CT molecular complexity index is 1440. The third-order valence-corrected chi connectivity index (χ3v) is 8.89. The summed E-state index contributed by atoms with van der Waals surface area (Å²) in [5.74, 6) is -3.91. The molecular formula is C30H30O7. The van der Waals surface area contributed by atoms with Gasteiger partial charge >= 0.3 is 0 Å². The first-order valence-electron chi connectivity index (χ1n) is 12.2. The highest BCUT2D eigenvalue weighted by Gasteiger charge is 2.73. The van der Waals surface area contributed by atoms with Gasteiger partial charge in [0.05, 0.1) is 22.8 Å². The van der Waals surface area contributed by atoms with Crippen LogP contribution in [0.2, 0.25) is 0 Å². The zero-order valence-corrected chi connectivity index (χ0v) is 20.9. The van der Waals surface area contributed by atoms with Crippen molar-refractivity contribution in [3.05, 3.63) is 94.3 Å². The number of carbonyl (C=O) groups excluding carboxylic acids is 2. The zero-order valence-electron chi connectivity index (χ0n) is 20.9. The van der Waals surface area contributed by atoms with Crippen molar-refractivity contribution < 1.29 is 35.1 Å². The van der Waals surface area contributed by atoms with Crippen molar-refractivity contribution in [1.29, 1.82) is 0 Å². The van der Waals surface area contributed by atoms with Crippen LogP contribution in [0.1, 0.15) is 49.8 Å². The SMILES string of the molecule is C=C1C[C@@]2(C)[C@H](O)[C@]3(C)C(=C(O)c4c(O)cccc4[C@H]3Cc3ccccc3)C(=O)[C@@]2(O)C(O)=C1C(C)=O. The molecule has 0 radical (unpaired) electrons. The van der Waals surface area contributed by atoms with E-state index in [9.17, 15) is 35.1 Å². The number of fused-ring (bicyclic) bond motifs is 3. The van der Waals surface area contributed by atoms with Gasteiger partial charge in [-0.15, -0.1) is 0 Å². The van der Waals surface area contributed by atoms with Crippen LogP contribution in [0, 0.1) is 10.8 Å². The highest BCUT2D eigenvalue weighted by Crippen LogP contribution is 2.66. The molecule has 1 fully saturated rings. The van der Waals surface area contributed by atoms with Gasteiger partial charge in [-0.25, -0.2) is 0 Å². The molecule has 0 saturated heterocycles. The summed E-state index contributed by atoms with van der Waals surface area (Å²) in [5, 5.41) is 57.5. The fourth-order valence-corrected chi connectivity index (χ4v) is 7.03. The predicted molar refractivity (Wildman–Crippen MR) is 137 cm³/mol. The smallest absolute Gasteiger partial charge is 0.203 e. The molecule has 7 heteroatoms. The van der Waals surface area contributed by atoms with Crippen LogP contribution in [0.5, 0.6) is 5.75 Å². The zero-order chi connectivity index (χ0) is 27.1. The van der Waals surface area contributed by atoms with Crippen molar-refractivity contribution in [1.82, 2.24) is 0 Å². The van der Waals surface area contributed by atoms with Crippen molar-refractivity contribution in [2.75, 3.05) is 0 Å². The molecule has 0 unspecified atom stereocenters. The molecule has 0 heterocycles. The summed E-state index contributed by atoms with van der Waals surface area (Å²) in [5.41, 5.74) is -4.66. The van der Waals surface area contributed by atoms with E-state index >= 15 is 0 Å². The molecule has 5 rings (SSSR count). The van der Waals surface area contributed by atoms with Gasteiger partial charge in [-0.3, -0.25) is 9.59 Å².